The molecule has 0 radical (unpaired) electrons. The second-order valence-corrected chi connectivity index (χ2v) is 3.54. The molecule has 0 bridgehead atoms. The highest BCUT2D eigenvalue weighted by Crippen LogP contribution is 2.20. The van der Waals surface area contributed by atoms with Gasteiger partial charge in [-0.1, -0.05) is 18.7 Å². The van der Waals surface area contributed by atoms with E-state index in [0.29, 0.717) is 6.61 Å². The highest BCUT2D eigenvalue weighted by molar-refractivity contribution is 5.61. The SMILES string of the molecule is C=C(OCC)c1cc(CNC)ccc1C. The number of aryl methyl sites for hydroxylation is 1. The van der Waals surface area contributed by atoms with E-state index in [9.17, 15) is 0 Å². The molecule has 0 aliphatic carbocycles. The van der Waals surface area contributed by atoms with Crippen molar-refractivity contribution in [1.82, 2.24) is 5.32 Å². The van der Waals surface area contributed by atoms with Gasteiger partial charge in [0.05, 0.1) is 6.61 Å². The van der Waals surface area contributed by atoms with Gasteiger partial charge in [0.25, 0.3) is 0 Å². The van der Waals surface area contributed by atoms with Gasteiger partial charge in [-0.3, -0.25) is 0 Å². The first kappa shape index (κ1) is 11.8. The summed E-state index contributed by atoms with van der Waals surface area (Å²) in [7, 11) is 1.94. The molecule has 1 aromatic carbocycles. The molecular weight excluding hydrogens is 186 g/mol. The van der Waals surface area contributed by atoms with Crippen LogP contribution >= 0.6 is 0 Å². The van der Waals surface area contributed by atoms with Gasteiger partial charge < -0.3 is 10.1 Å². The van der Waals surface area contributed by atoms with E-state index in [0.717, 1.165) is 17.9 Å². The van der Waals surface area contributed by atoms with E-state index in [1.807, 2.05) is 14.0 Å². The minimum atomic E-state index is 0.661. The van der Waals surface area contributed by atoms with Crippen LogP contribution in [-0.4, -0.2) is 13.7 Å². The Morgan fingerprint density at radius 3 is 2.80 bits per heavy atom. The first-order valence-corrected chi connectivity index (χ1v) is 5.25. The van der Waals surface area contributed by atoms with Crippen molar-refractivity contribution in [2.24, 2.45) is 0 Å². The molecular formula is C13H19NO. The number of hydrogen-bond donors (Lipinski definition) is 1. The van der Waals surface area contributed by atoms with Crippen LogP contribution in [0.3, 0.4) is 0 Å². The minimum absolute atomic E-state index is 0.661. The molecule has 82 valence electrons. The van der Waals surface area contributed by atoms with Crippen molar-refractivity contribution >= 4 is 5.76 Å². The Hall–Kier alpha value is -1.28. The maximum absolute atomic E-state index is 5.43. The van der Waals surface area contributed by atoms with E-state index in [-0.39, 0.29) is 0 Å². The van der Waals surface area contributed by atoms with Gasteiger partial charge in [0.15, 0.2) is 0 Å². The lowest BCUT2D eigenvalue weighted by Crippen LogP contribution is -2.05. The molecule has 0 saturated carbocycles. The topological polar surface area (TPSA) is 21.3 Å². The van der Waals surface area contributed by atoms with Crippen LogP contribution in [0.15, 0.2) is 24.8 Å². The van der Waals surface area contributed by atoms with Crippen molar-refractivity contribution in [3.8, 4) is 0 Å². The Morgan fingerprint density at radius 2 is 2.20 bits per heavy atom. The summed E-state index contributed by atoms with van der Waals surface area (Å²) in [5.74, 6) is 0.757. The Balaban J connectivity index is 2.94. The lowest BCUT2D eigenvalue weighted by Gasteiger charge is -2.11. The third-order valence-electron chi connectivity index (χ3n) is 2.30. The Morgan fingerprint density at radius 1 is 1.47 bits per heavy atom. The van der Waals surface area contributed by atoms with Crippen molar-refractivity contribution in [1.29, 1.82) is 0 Å². The van der Waals surface area contributed by atoms with Gasteiger partial charge in [-0.15, -0.1) is 0 Å². The molecule has 0 aliphatic heterocycles. The van der Waals surface area contributed by atoms with Crippen molar-refractivity contribution in [2.45, 2.75) is 20.4 Å². The van der Waals surface area contributed by atoms with E-state index in [1.165, 1.54) is 11.1 Å². The zero-order valence-electron chi connectivity index (χ0n) is 9.76. The molecule has 2 heteroatoms. The monoisotopic (exact) mass is 205 g/mol. The van der Waals surface area contributed by atoms with Crippen LogP contribution in [0.25, 0.3) is 5.76 Å². The molecule has 0 atom stereocenters. The van der Waals surface area contributed by atoms with Gasteiger partial charge in [-0.05, 0) is 38.1 Å². The van der Waals surface area contributed by atoms with E-state index in [4.69, 9.17) is 4.74 Å². The molecule has 1 rings (SSSR count). The van der Waals surface area contributed by atoms with Crippen molar-refractivity contribution in [2.75, 3.05) is 13.7 Å². The average Bonchev–Trinajstić information content (AvgIpc) is 2.21. The quantitative estimate of drug-likeness (QED) is 0.746. The highest BCUT2D eigenvalue weighted by atomic mass is 16.5. The van der Waals surface area contributed by atoms with Gasteiger partial charge >= 0.3 is 0 Å². The lowest BCUT2D eigenvalue weighted by atomic mass is 10.0. The Kier molecular flexibility index (Phi) is 4.37. The molecule has 2 nitrogen and oxygen atoms in total. The van der Waals surface area contributed by atoms with Crippen molar-refractivity contribution < 1.29 is 4.74 Å². The fourth-order valence-electron chi connectivity index (χ4n) is 1.54. The van der Waals surface area contributed by atoms with Crippen LogP contribution in [0.1, 0.15) is 23.6 Å². The molecule has 15 heavy (non-hydrogen) atoms. The van der Waals surface area contributed by atoms with Crippen LogP contribution in [0, 0.1) is 6.92 Å². The summed E-state index contributed by atoms with van der Waals surface area (Å²) in [5, 5.41) is 3.13. The number of benzene rings is 1. The maximum atomic E-state index is 5.43. The van der Waals surface area contributed by atoms with Crippen LogP contribution < -0.4 is 5.32 Å². The Bertz CT molecular complexity index is 344. The zero-order valence-corrected chi connectivity index (χ0v) is 9.76. The molecule has 0 aliphatic rings. The molecule has 0 amide bonds. The number of hydrogen-bond acceptors (Lipinski definition) is 2. The van der Waals surface area contributed by atoms with Gasteiger partial charge in [0.2, 0.25) is 0 Å². The first-order chi connectivity index (χ1) is 7.19. The van der Waals surface area contributed by atoms with Crippen molar-refractivity contribution in [3.05, 3.63) is 41.5 Å². The first-order valence-electron chi connectivity index (χ1n) is 5.25. The highest BCUT2D eigenvalue weighted by Gasteiger charge is 2.04. The molecule has 0 heterocycles. The van der Waals surface area contributed by atoms with Gasteiger partial charge in [-0.25, -0.2) is 0 Å². The molecule has 0 spiro atoms. The zero-order chi connectivity index (χ0) is 11.3. The lowest BCUT2D eigenvalue weighted by molar-refractivity contribution is 0.299. The molecule has 1 aromatic rings. The van der Waals surface area contributed by atoms with Crippen LogP contribution in [-0.2, 0) is 11.3 Å². The third kappa shape index (κ3) is 3.10. The summed E-state index contributed by atoms with van der Waals surface area (Å²) in [6, 6.07) is 6.35. The van der Waals surface area contributed by atoms with Crippen LogP contribution in [0.4, 0.5) is 0 Å². The van der Waals surface area contributed by atoms with Crippen LogP contribution in [0.5, 0.6) is 0 Å². The number of rotatable bonds is 5. The van der Waals surface area contributed by atoms with E-state index in [1.54, 1.807) is 0 Å². The van der Waals surface area contributed by atoms with Crippen LogP contribution in [0.2, 0.25) is 0 Å². The average molecular weight is 205 g/mol. The fraction of sp³-hybridized carbons (Fsp3) is 0.385. The molecule has 0 fully saturated rings. The molecule has 0 unspecified atom stereocenters. The van der Waals surface area contributed by atoms with Gasteiger partial charge in [0.1, 0.15) is 5.76 Å². The molecule has 0 saturated heterocycles. The fourth-order valence-corrected chi connectivity index (χ4v) is 1.54. The van der Waals surface area contributed by atoms with E-state index in [2.05, 4.69) is 37.0 Å². The second-order valence-electron chi connectivity index (χ2n) is 3.54. The smallest absolute Gasteiger partial charge is 0.119 e. The maximum Gasteiger partial charge on any atom is 0.119 e. The van der Waals surface area contributed by atoms with E-state index < -0.39 is 0 Å². The summed E-state index contributed by atoms with van der Waals surface area (Å²) in [6.07, 6.45) is 0. The summed E-state index contributed by atoms with van der Waals surface area (Å²) >= 11 is 0. The Labute approximate surface area is 92.0 Å². The number of nitrogens with one attached hydrogen (secondary N) is 1. The predicted octanol–water partition coefficient (Wildman–Crippen LogP) is 2.72. The summed E-state index contributed by atoms with van der Waals surface area (Å²) in [5.41, 5.74) is 3.55. The van der Waals surface area contributed by atoms with Gasteiger partial charge in [0, 0.05) is 12.1 Å². The third-order valence-corrected chi connectivity index (χ3v) is 2.30. The standard InChI is InChI=1S/C13H19NO/c1-5-15-11(3)13-8-12(9-14-4)7-6-10(13)2/h6-8,14H,3,5,9H2,1-2,4H3. The van der Waals surface area contributed by atoms with E-state index >= 15 is 0 Å². The minimum Gasteiger partial charge on any atom is -0.494 e. The summed E-state index contributed by atoms with van der Waals surface area (Å²) in [6.45, 7) is 9.51. The largest absolute Gasteiger partial charge is 0.494 e. The summed E-state index contributed by atoms with van der Waals surface area (Å²) < 4.78 is 5.43. The molecule has 1 N–H and O–H groups in total. The molecule has 0 aromatic heterocycles. The predicted molar refractivity (Wildman–Crippen MR) is 64.6 cm³/mol. The van der Waals surface area contributed by atoms with Crippen molar-refractivity contribution in [3.63, 3.8) is 0 Å². The normalized spacial score (nSPS) is 10.1. The summed E-state index contributed by atoms with van der Waals surface area (Å²) in [4.78, 5) is 0. The second kappa shape index (κ2) is 5.56. The number of ether oxygens (including phenoxy) is 1. The van der Waals surface area contributed by atoms with Gasteiger partial charge in [-0.2, -0.15) is 0 Å².